The van der Waals surface area contributed by atoms with Crippen LogP contribution in [0.4, 0.5) is 11.4 Å². The summed E-state index contributed by atoms with van der Waals surface area (Å²) >= 11 is 1.37. The van der Waals surface area contributed by atoms with Gasteiger partial charge in [0.1, 0.15) is 0 Å². The van der Waals surface area contributed by atoms with Gasteiger partial charge in [-0.1, -0.05) is 17.8 Å². The highest BCUT2D eigenvalue weighted by Crippen LogP contribution is 2.26. The van der Waals surface area contributed by atoms with Gasteiger partial charge in [-0.05, 0) is 25.1 Å². The number of nitrogens with zero attached hydrogens (tertiary/aromatic N) is 2. The largest absolute Gasteiger partial charge is 0.326 e. The van der Waals surface area contributed by atoms with Gasteiger partial charge in [-0.3, -0.25) is 18.9 Å². The highest BCUT2D eigenvalue weighted by molar-refractivity contribution is 7.99. The van der Waals surface area contributed by atoms with Crippen LogP contribution >= 0.6 is 11.8 Å². The number of hydrogen-bond acceptors (Lipinski definition) is 6. The smallest absolute Gasteiger partial charge is 0.257 e. The maximum Gasteiger partial charge on any atom is 0.257 e. The van der Waals surface area contributed by atoms with E-state index in [0.29, 0.717) is 27.8 Å². The number of rotatable bonds is 4. The molecule has 2 aromatic rings. The van der Waals surface area contributed by atoms with Crippen LogP contribution in [-0.2, 0) is 21.4 Å². The summed E-state index contributed by atoms with van der Waals surface area (Å²) in [6.07, 6.45) is 2.60. The van der Waals surface area contributed by atoms with E-state index in [-0.39, 0.29) is 23.9 Å². The normalized spacial score (nSPS) is 16.6. The van der Waals surface area contributed by atoms with Crippen LogP contribution in [0.15, 0.2) is 40.4 Å². The third kappa shape index (κ3) is 4.25. The molecule has 138 valence electrons. The molecule has 1 aromatic heterocycles. The second kappa shape index (κ2) is 7.12. The van der Waals surface area contributed by atoms with Crippen LogP contribution in [0.1, 0.15) is 5.56 Å². The molecule has 10 heteroatoms. The van der Waals surface area contributed by atoms with E-state index in [9.17, 15) is 18.0 Å². The predicted molar refractivity (Wildman–Crippen MR) is 101 cm³/mol. The molecule has 0 bridgehead atoms. The Hall–Kier alpha value is -2.33. The van der Waals surface area contributed by atoms with Crippen LogP contribution in [0.25, 0.3) is 0 Å². The Bertz CT molecular complexity index is 1020. The van der Waals surface area contributed by atoms with Crippen LogP contribution in [-0.4, -0.2) is 35.9 Å². The summed E-state index contributed by atoms with van der Waals surface area (Å²) in [6, 6.07) is 6.46. The van der Waals surface area contributed by atoms with E-state index in [1.165, 1.54) is 16.3 Å². The molecule has 1 aromatic carbocycles. The molecule has 8 nitrogen and oxygen atoms in total. The van der Waals surface area contributed by atoms with E-state index in [2.05, 4.69) is 15.0 Å². The molecule has 1 atom stereocenters. The molecule has 0 spiro atoms. The van der Waals surface area contributed by atoms with Crippen molar-refractivity contribution in [2.75, 3.05) is 22.0 Å². The zero-order valence-electron chi connectivity index (χ0n) is 14.2. The minimum absolute atomic E-state index is 0.139. The monoisotopic (exact) mass is 394 g/mol. The summed E-state index contributed by atoms with van der Waals surface area (Å²) in [6.45, 7) is 1.96. The summed E-state index contributed by atoms with van der Waals surface area (Å²) < 4.78 is 26.5. The first kappa shape index (κ1) is 18.5. The van der Waals surface area contributed by atoms with E-state index >= 15 is 0 Å². The molecule has 1 unspecified atom stereocenters. The first-order valence-corrected chi connectivity index (χ1v) is 10.7. The Morgan fingerprint density at radius 2 is 2.08 bits per heavy atom. The SMILES string of the molecule is Cc1cnc2n(c1=O)CC(C(=O)Nc1cccc(NS(C)(=O)=O)c1)CS2. The number of fused-ring (bicyclic) bond motifs is 1. The summed E-state index contributed by atoms with van der Waals surface area (Å²) in [7, 11) is -3.40. The number of hydrogen-bond donors (Lipinski definition) is 2. The Kier molecular flexibility index (Phi) is 5.05. The zero-order valence-corrected chi connectivity index (χ0v) is 15.9. The average molecular weight is 394 g/mol. The highest BCUT2D eigenvalue weighted by atomic mass is 32.2. The zero-order chi connectivity index (χ0) is 18.9. The van der Waals surface area contributed by atoms with Gasteiger partial charge in [-0.25, -0.2) is 13.4 Å². The molecule has 0 fully saturated rings. The molecule has 2 heterocycles. The van der Waals surface area contributed by atoms with Crippen LogP contribution in [0.5, 0.6) is 0 Å². The van der Waals surface area contributed by atoms with Crippen LogP contribution in [0, 0.1) is 12.8 Å². The van der Waals surface area contributed by atoms with Crippen LogP contribution in [0.2, 0.25) is 0 Å². The summed E-state index contributed by atoms with van der Waals surface area (Å²) in [4.78, 5) is 29.0. The van der Waals surface area contributed by atoms with Gasteiger partial charge in [-0.15, -0.1) is 0 Å². The molecule has 1 amide bonds. The number of carbonyl (C=O) groups excluding carboxylic acids is 1. The molecule has 26 heavy (non-hydrogen) atoms. The second-order valence-electron chi connectivity index (χ2n) is 6.09. The van der Waals surface area contributed by atoms with Crippen LogP contribution < -0.4 is 15.6 Å². The van der Waals surface area contributed by atoms with E-state index in [4.69, 9.17) is 0 Å². The Morgan fingerprint density at radius 3 is 2.81 bits per heavy atom. The standard InChI is InChI=1S/C16H18N4O4S2/c1-10-7-17-16-20(15(10)22)8-11(9-25-16)14(21)18-12-4-3-5-13(6-12)19-26(2,23)24/h3-7,11,19H,8-9H2,1-2H3,(H,18,21). The lowest BCUT2D eigenvalue weighted by atomic mass is 10.1. The van der Waals surface area contributed by atoms with Crippen molar-refractivity contribution in [2.24, 2.45) is 5.92 Å². The lowest BCUT2D eigenvalue weighted by Crippen LogP contribution is -2.37. The van der Waals surface area contributed by atoms with E-state index < -0.39 is 10.0 Å². The fourth-order valence-electron chi connectivity index (χ4n) is 2.58. The van der Waals surface area contributed by atoms with E-state index in [1.807, 2.05) is 0 Å². The van der Waals surface area contributed by atoms with Gasteiger partial charge in [0.2, 0.25) is 15.9 Å². The first-order chi connectivity index (χ1) is 12.2. The number of aryl methyl sites for hydroxylation is 1. The lowest BCUT2D eigenvalue weighted by molar-refractivity contribution is -0.119. The van der Waals surface area contributed by atoms with Crippen molar-refractivity contribution in [2.45, 2.75) is 18.6 Å². The molecule has 0 radical (unpaired) electrons. The minimum Gasteiger partial charge on any atom is -0.326 e. The van der Waals surface area contributed by atoms with Gasteiger partial charge in [-0.2, -0.15) is 0 Å². The Balaban J connectivity index is 1.74. The van der Waals surface area contributed by atoms with E-state index in [1.54, 1.807) is 37.4 Å². The third-order valence-corrected chi connectivity index (χ3v) is 5.56. The number of nitrogens with one attached hydrogen (secondary N) is 2. The number of carbonyl (C=O) groups is 1. The summed E-state index contributed by atoms with van der Waals surface area (Å²) in [5, 5.41) is 3.39. The fourth-order valence-corrected chi connectivity index (χ4v) is 4.18. The van der Waals surface area contributed by atoms with Gasteiger partial charge in [0.15, 0.2) is 5.16 Å². The first-order valence-electron chi connectivity index (χ1n) is 7.81. The highest BCUT2D eigenvalue weighted by Gasteiger charge is 2.27. The molecule has 0 saturated carbocycles. The maximum absolute atomic E-state index is 12.6. The van der Waals surface area contributed by atoms with Crippen molar-refractivity contribution < 1.29 is 13.2 Å². The Morgan fingerprint density at radius 1 is 1.35 bits per heavy atom. The number of benzene rings is 1. The van der Waals surface area contributed by atoms with Gasteiger partial charge in [0.25, 0.3) is 5.56 Å². The molecular weight excluding hydrogens is 376 g/mol. The van der Waals surface area contributed by atoms with Gasteiger partial charge in [0.05, 0.1) is 17.9 Å². The molecule has 2 N–H and O–H groups in total. The number of thioether (sulfide) groups is 1. The number of sulfonamides is 1. The fraction of sp³-hybridized carbons (Fsp3) is 0.312. The molecule has 0 aliphatic carbocycles. The van der Waals surface area contributed by atoms with Gasteiger partial charge < -0.3 is 5.32 Å². The van der Waals surface area contributed by atoms with Gasteiger partial charge in [0, 0.05) is 29.7 Å². The summed E-state index contributed by atoms with van der Waals surface area (Å²) in [5.41, 5.74) is 1.24. The number of amides is 1. The quantitative estimate of drug-likeness (QED) is 0.756. The number of aromatic nitrogens is 2. The topological polar surface area (TPSA) is 110 Å². The van der Waals surface area contributed by atoms with Crippen molar-refractivity contribution in [3.63, 3.8) is 0 Å². The second-order valence-corrected chi connectivity index (χ2v) is 8.83. The third-order valence-electron chi connectivity index (χ3n) is 3.80. The lowest BCUT2D eigenvalue weighted by Gasteiger charge is -2.24. The average Bonchev–Trinajstić information content (AvgIpc) is 2.57. The van der Waals surface area contributed by atoms with E-state index in [0.717, 1.165) is 6.26 Å². The molecule has 1 aliphatic rings. The molecular formula is C16H18N4O4S2. The molecule has 3 rings (SSSR count). The number of anilines is 2. The molecule has 0 saturated heterocycles. The Labute approximate surface area is 155 Å². The maximum atomic E-state index is 12.6. The van der Waals surface area contributed by atoms with Crippen LogP contribution in [0.3, 0.4) is 0 Å². The van der Waals surface area contributed by atoms with Crippen molar-refractivity contribution >= 4 is 39.1 Å². The van der Waals surface area contributed by atoms with Crippen molar-refractivity contribution in [1.82, 2.24) is 9.55 Å². The van der Waals surface area contributed by atoms with Crippen molar-refractivity contribution in [3.8, 4) is 0 Å². The van der Waals surface area contributed by atoms with Gasteiger partial charge >= 0.3 is 0 Å². The van der Waals surface area contributed by atoms with Crippen molar-refractivity contribution in [1.29, 1.82) is 0 Å². The summed E-state index contributed by atoms with van der Waals surface area (Å²) in [5.74, 6) is -0.101. The minimum atomic E-state index is -3.40. The molecule has 1 aliphatic heterocycles. The van der Waals surface area contributed by atoms with Crippen molar-refractivity contribution in [3.05, 3.63) is 46.4 Å². The predicted octanol–water partition coefficient (Wildman–Crippen LogP) is 1.28.